The summed E-state index contributed by atoms with van der Waals surface area (Å²) in [5, 5.41) is 23.8. The molecule has 0 saturated carbocycles. The minimum Gasteiger partial charge on any atom is -0.465 e. The van der Waals surface area contributed by atoms with Crippen LogP contribution < -0.4 is 10.6 Å². The molecule has 1 N–H and O–H groups in total. The van der Waals surface area contributed by atoms with Gasteiger partial charge in [-0.2, -0.15) is 10.2 Å². The number of esters is 1. The third-order valence-electron chi connectivity index (χ3n) is 7.14. The molecule has 3 aromatic heterocycles. The lowest BCUT2D eigenvalue weighted by Gasteiger charge is -2.11. The summed E-state index contributed by atoms with van der Waals surface area (Å²) < 4.78 is 23.1. The van der Waals surface area contributed by atoms with Gasteiger partial charge in [0.05, 0.1) is 36.4 Å². The second-order valence-corrected chi connectivity index (χ2v) is 10.1. The molecule has 0 aliphatic rings. The molecule has 0 bridgehead atoms. The monoisotopic (exact) mass is 641 g/mol. The van der Waals surface area contributed by atoms with Crippen LogP contribution in [0.3, 0.4) is 0 Å². The Morgan fingerprint density at radius 2 is 1.83 bits per heavy atom. The fourth-order valence-corrected chi connectivity index (χ4v) is 5.02. The second kappa shape index (κ2) is 13.8. The minimum absolute atomic E-state index is 0.0116. The minimum atomic E-state index is -0.973. The molecule has 16 heteroatoms. The summed E-state index contributed by atoms with van der Waals surface area (Å²) in [5.41, 5.74) is 5.25. The highest BCUT2D eigenvalue weighted by atomic mass is 16.9. The maximum atomic E-state index is 13.1. The number of ether oxygens (including phenoxy) is 2. The van der Waals surface area contributed by atoms with E-state index >= 15 is 0 Å². The summed E-state index contributed by atoms with van der Waals surface area (Å²) in [6.45, 7) is 2.08. The molecule has 0 spiro atoms. The smallest absolute Gasteiger partial charge is 0.465 e. The number of fused-ring (bicyclic) bond motifs is 1. The summed E-state index contributed by atoms with van der Waals surface area (Å²) in [6, 6.07) is 21.1. The number of aryl methyl sites for hydroxylation is 1. The Hall–Kier alpha value is -6.32. The van der Waals surface area contributed by atoms with E-state index in [0.717, 1.165) is 22.3 Å². The van der Waals surface area contributed by atoms with Crippen molar-refractivity contribution in [1.29, 1.82) is 0 Å². The normalized spacial score (nSPS) is 11.1. The zero-order chi connectivity index (χ0) is 32.8. The molecule has 47 heavy (non-hydrogen) atoms. The van der Waals surface area contributed by atoms with Gasteiger partial charge in [0.1, 0.15) is 0 Å². The van der Waals surface area contributed by atoms with Crippen molar-refractivity contribution in [2.75, 3.05) is 13.2 Å². The molecule has 0 saturated heterocycles. The van der Waals surface area contributed by atoms with Gasteiger partial charge in [-0.05, 0) is 53.4 Å². The number of hydrogen-bond donors (Lipinski definition) is 1. The number of carbonyl (C=O) groups is 1. The molecule has 0 atom stereocenters. The molecular weight excluding hydrogens is 614 g/mol. The Morgan fingerprint density at radius 1 is 1.04 bits per heavy atom. The molecule has 0 radical (unpaired) electrons. The van der Waals surface area contributed by atoms with Crippen molar-refractivity contribution < 1.29 is 33.0 Å². The van der Waals surface area contributed by atoms with Crippen LogP contribution in [0.25, 0.3) is 33.5 Å². The van der Waals surface area contributed by atoms with Crippen molar-refractivity contribution in [3.05, 3.63) is 110 Å². The molecule has 3 heterocycles. The molecule has 0 amide bonds. The van der Waals surface area contributed by atoms with E-state index in [1.54, 1.807) is 18.2 Å². The van der Waals surface area contributed by atoms with E-state index in [4.69, 9.17) is 18.3 Å². The van der Waals surface area contributed by atoms with Crippen LogP contribution in [0, 0.1) is 10.1 Å². The first-order valence-corrected chi connectivity index (χ1v) is 14.5. The van der Waals surface area contributed by atoms with E-state index in [9.17, 15) is 19.7 Å². The predicted molar refractivity (Wildman–Crippen MR) is 163 cm³/mol. The Morgan fingerprint density at radius 3 is 2.57 bits per heavy atom. The molecule has 6 rings (SSSR count). The Balaban J connectivity index is 1.20. The van der Waals surface area contributed by atoms with Crippen molar-refractivity contribution in [3.63, 3.8) is 0 Å². The lowest BCUT2D eigenvalue weighted by Crippen LogP contribution is -2.08. The van der Waals surface area contributed by atoms with Gasteiger partial charge in [-0.15, -0.1) is 20.3 Å². The van der Waals surface area contributed by atoms with Crippen LogP contribution >= 0.6 is 0 Å². The number of carbonyl (C=O) groups excluding carboxylic acids is 1. The number of tetrazole rings is 1. The molecule has 0 unspecified atom stereocenters. The summed E-state index contributed by atoms with van der Waals surface area (Å²) in [6.07, 6.45) is 0.299. The van der Waals surface area contributed by atoms with Crippen LogP contribution in [-0.4, -0.2) is 54.4 Å². The van der Waals surface area contributed by atoms with Crippen molar-refractivity contribution in [1.82, 2.24) is 30.2 Å². The number of rotatable bonds is 14. The van der Waals surface area contributed by atoms with Crippen LogP contribution in [0.15, 0.2) is 80.4 Å². The topological polar surface area (TPSA) is 204 Å². The van der Waals surface area contributed by atoms with Crippen LogP contribution in [0.1, 0.15) is 40.8 Å². The highest BCUT2D eigenvalue weighted by Crippen LogP contribution is 2.31. The van der Waals surface area contributed by atoms with Crippen LogP contribution in [0.2, 0.25) is 0 Å². The Bertz CT molecular complexity index is 2070. The van der Waals surface area contributed by atoms with Gasteiger partial charge in [-0.1, -0.05) is 48.5 Å². The first kappa shape index (κ1) is 30.7. The lowest BCUT2D eigenvalue weighted by atomic mass is 9.98. The van der Waals surface area contributed by atoms with Gasteiger partial charge in [0.15, 0.2) is 18.1 Å². The maximum absolute atomic E-state index is 13.1. The fourth-order valence-electron chi connectivity index (χ4n) is 5.02. The van der Waals surface area contributed by atoms with Gasteiger partial charge in [0.2, 0.25) is 5.82 Å². The van der Waals surface area contributed by atoms with Crippen LogP contribution in [-0.2, 0) is 29.1 Å². The molecule has 240 valence electrons. The van der Waals surface area contributed by atoms with E-state index in [1.807, 2.05) is 60.0 Å². The highest BCUT2D eigenvalue weighted by Gasteiger charge is 2.19. The molecule has 0 fully saturated rings. The number of aromatic amines is 1. The number of H-pyrrole nitrogens is 1. The highest BCUT2D eigenvalue weighted by molar-refractivity contribution is 5.94. The Labute approximate surface area is 265 Å². The molecule has 6 aromatic rings. The van der Waals surface area contributed by atoms with Gasteiger partial charge < -0.3 is 23.1 Å². The van der Waals surface area contributed by atoms with Gasteiger partial charge in [0, 0.05) is 12.0 Å². The SMILES string of the molecule is CCOc1nc2ccc(C(=O)OCc3oc(=O)oc3CCCO[N+](=O)[O-])cc2n1Cc1ccc(-c2ccccc2-c2nn[nH]n2)cc1. The number of benzene rings is 3. The third kappa shape index (κ3) is 7.00. The summed E-state index contributed by atoms with van der Waals surface area (Å²) in [5.74, 6) is -1.01. The van der Waals surface area contributed by atoms with E-state index in [-0.39, 0.29) is 43.1 Å². The number of imidazole rings is 1. The number of hydrogen-bond acceptors (Lipinski definition) is 13. The van der Waals surface area contributed by atoms with Gasteiger partial charge in [-0.3, -0.25) is 4.57 Å². The molecule has 0 aliphatic carbocycles. The van der Waals surface area contributed by atoms with E-state index in [1.165, 1.54) is 0 Å². The van der Waals surface area contributed by atoms with E-state index in [2.05, 4.69) is 30.4 Å². The average molecular weight is 642 g/mol. The van der Waals surface area contributed by atoms with E-state index in [0.29, 0.717) is 36.0 Å². The maximum Gasteiger partial charge on any atom is 0.519 e. The zero-order valence-corrected chi connectivity index (χ0v) is 25.0. The van der Waals surface area contributed by atoms with Gasteiger partial charge in [0.25, 0.3) is 11.1 Å². The summed E-state index contributed by atoms with van der Waals surface area (Å²) in [4.78, 5) is 43.9. The predicted octanol–water partition coefficient (Wildman–Crippen LogP) is 4.37. The van der Waals surface area contributed by atoms with Crippen molar-refractivity contribution in [3.8, 4) is 28.5 Å². The quantitative estimate of drug-likeness (QED) is 0.0760. The van der Waals surface area contributed by atoms with Gasteiger partial charge >= 0.3 is 11.8 Å². The van der Waals surface area contributed by atoms with Crippen molar-refractivity contribution in [2.45, 2.75) is 32.9 Å². The molecular formula is C31H27N7O9. The second-order valence-electron chi connectivity index (χ2n) is 10.1. The lowest BCUT2D eigenvalue weighted by molar-refractivity contribution is -0.757. The largest absolute Gasteiger partial charge is 0.519 e. The van der Waals surface area contributed by atoms with Crippen molar-refractivity contribution in [2.24, 2.45) is 0 Å². The summed E-state index contributed by atoms with van der Waals surface area (Å²) >= 11 is 0. The first-order chi connectivity index (χ1) is 22.9. The number of aromatic nitrogens is 6. The molecule has 3 aromatic carbocycles. The van der Waals surface area contributed by atoms with Crippen molar-refractivity contribution >= 4 is 17.0 Å². The average Bonchev–Trinajstić information content (AvgIpc) is 3.82. The van der Waals surface area contributed by atoms with Crippen LogP contribution in [0.5, 0.6) is 6.01 Å². The zero-order valence-electron chi connectivity index (χ0n) is 25.0. The van der Waals surface area contributed by atoms with Gasteiger partial charge in [-0.25, -0.2) is 9.59 Å². The number of nitrogens with one attached hydrogen (secondary N) is 1. The Kier molecular flexibility index (Phi) is 8.99. The van der Waals surface area contributed by atoms with Crippen LogP contribution in [0.4, 0.5) is 0 Å². The molecule has 16 nitrogen and oxygen atoms in total. The molecule has 0 aliphatic heterocycles. The fraction of sp³-hybridized carbons (Fsp3) is 0.226. The first-order valence-electron chi connectivity index (χ1n) is 14.5. The number of nitrogens with zero attached hydrogens (tertiary/aromatic N) is 6. The summed E-state index contributed by atoms with van der Waals surface area (Å²) in [7, 11) is 0. The third-order valence-corrected chi connectivity index (χ3v) is 7.14. The standard InChI is InChI=1S/C31H27N7O9/c1-2-43-30-32-24-14-13-21(29(39)44-18-27-26(46-31(40)47-27)8-5-15-45-38(41)42)16-25(24)37(30)17-19-9-11-20(12-10-19)22-6-3-4-7-23(22)28-33-35-36-34-28/h3-4,6-7,9-14,16H,2,5,8,15,17-18H2,1H3,(H,33,34,35,36). The van der Waals surface area contributed by atoms with E-state index < -0.39 is 16.9 Å².